The molecule has 0 spiro atoms. The summed E-state index contributed by atoms with van der Waals surface area (Å²) in [6.07, 6.45) is 0. The summed E-state index contributed by atoms with van der Waals surface area (Å²) in [6.45, 7) is 7.96. The number of carbonyl (C=O) groups is 2. The van der Waals surface area contributed by atoms with Gasteiger partial charge in [0.05, 0.1) is 31.4 Å². The lowest BCUT2D eigenvalue weighted by atomic mass is 9.95. The molecule has 3 heterocycles. The van der Waals surface area contributed by atoms with Crippen LogP contribution in [0.3, 0.4) is 0 Å². The van der Waals surface area contributed by atoms with Gasteiger partial charge in [0, 0.05) is 26.2 Å². The fourth-order valence-corrected chi connectivity index (χ4v) is 4.17. The summed E-state index contributed by atoms with van der Waals surface area (Å²) in [5.74, 6) is -0.272. The third-order valence-electron chi connectivity index (χ3n) is 5.76. The maximum absolute atomic E-state index is 13.3. The number of aliphatic hydroxyl groups is 1. The van der Waals surface area contributed by atoms with Gasteiger partial charge >= 0.3 is 0 Å². The van der Waals surface area contributed by atoms with Crippen LogP contribution in [0.4, 0.5) is 0 Å². The van der Waals surface area contributed by atoms with Crippen molar-refractivity contribution in [3.05, 3.63) is 64.8 Å². The average molecular weight is 440 g/mol. The maximum Gasteiger partial charge on any atom is 0.290 e. The zero-order chi connectivity index (χ0) is 22.7. The van der Waals surface area contributed by atoms with Crippen molar-refractivity contribution in [1.82, 2.24) is 9.80 Å². The molecule has 2 aromatic rings. The monoisotopic (exact) mass is 440 g/mol. The van der Waals surface area contributed by atoms with Gasteiger partial charge in [-0.15, -0.1) is 0 Å². The average Bonchev–Trinajstić information content (AvgIpc) is 3.34. The lowest BCUT2D eigenvalue weighted by molar-refractivity contribution is -0.129. The molecule has 1 aromatic carbocycles. The number of Topliss-reactive ketones (excluding diaryl/α,β-unsaturated/α-hetero) is 1. The Bertz CT molecular complexity index is 1020. The van der Waals surface area contributed by atoms with Crippen molar-refractivity contribution in [2.24, 2.45) is 0 Å². The SMILES string of the molecule is CCOc1cccc([C@@H]2C(C(=O)c3ccc(C)o3)=C(O)C(=O)N2CCN2CCOCC2)c1. The van der Waals surface area contributed by atoms with Crippen molar-refractivity contribution >= 4 is 11.7 Å². The third-order valence-corrected chi connectivity index (χ3v) is 5.76. The summed E-state index contributed by atoms with van der Waals surface area (Å²) in [7, 11) is 0. The summed E-state index contributed by atoms with van der Waals surface area (Å²) >= 11 is 0. The van der Waals surface area contributed by atoms with Gasteiger partial charge in [0.15, 0.2) is 11.5 Å². The molecule has 1 N–H and O–H groups in total. The molecule has 8 nitrogen and oxygen atoms in total. The van der Waals surface area contributed by atoms with E-state index in [1.54, 1.807) is 24.0 Å². The zero-order valence-corrected chi connectivity index (χ0v) is 18.4. The van der Waals surface area contributed by atoms with E-state index in [1.165, 1.54) is 0 Å². The van der Waals surface area contributed by atoms with Gasteiger partial charge in [0.2, 0.25) is 5.78 Å². The fourth-order valence-electron chi connectivity index (χ4n) is 4.17. The van der Waals surface area contributed by atoms with Crippen LogP contribution in [0.1, 0.15) is 34.8 Å². The molecule has 2 aliphatic rings. The highest BCUT2D eigenvalue weighted by Gasteiger charge is 2.44. The van der Waals surface area contributed by atoms with E-state index in [9.17, 15) is 14.7 Å². The lowest BCUT2D eigenvalue weighted by Crippen LogP contribution is -2.43. The number of aliphatic hydroxyl groups excluding tert-OH is 1. The molecule has 1 atom stereocenters. The molecule has 0 radical (unpaired) electrons. The molecule has 0 unspecified atom stereocenters. The van der Waals surface area contributed by atoms with Crippen molar-refractivity contribution in [3.63, 3.8) is 0 Å². The summed E-state index contributed by atoms with van der Waals surface area (Å²) in [6, 6.07) is 9.79. The molecular weight excluding hydrogens is 412 g/mol. The van der Waals surface area contributed by atoms with E-state index in [2.05, 4.69) is 4.90 Å². The Morgan fingerprint density at radius 2 is 1.97 bits per heavy atom. The second kappa shape index (κ2) is 9.58. The number of amides is 1. The van der Waals surface area contributed by atoms with Crippen LogP contribution < -0.4 is 4.74 Å². The molecular formula is C24H28N2O6. The Balaban J connectivity index is 1.68. The number of ether oxygens (including phenoxy) is 2. The van der Waals surface area contributed by atoms with E-state index in [1.807, 2.05) is 31.2 Å². The van der Waals surface area contributed by atoms with Gasteiger partial charge < -0.3 is 23.9 Å². The van der Waals surface area contributed by atoms with Crippen molar-refractivity contribution in [2.45, 2.75) is 19.9 Å². The van der Waals surface area contributed by atoms with Crippen LogP contribution in [0.5, 0.6) is 5.75 Å². The maximum atomic E-state index is 13.3. The molecule has 170 valence electrons. The smallest absolute Gasteiger partial charge is 0.290 e. The van der Waals surface area contributed by atoms with Crippen LogP contribution in [0.2, 0.25) is 0 Å². The number of rotatable bonds is 8. The van der Waals surface area contributed by atoms with Crippen LogP contribution in [-0.4, -0.2) is 72.6 Å². The highest BCUT2D eigenvalue weighted by molar-refractivity contribution is 6.15. The molecule has 0 aliphatic carbocycles. The van der Waals surface area contributed by atoms with Crippen LogP contribution >= 0.6 is 0 Å². The van der Waals surface area contributed by atoms with Gasteiger partial charge in [-0.2, -0.15) is 0 Å². The molecule has 8 heteroatoms. The number of benzene rings is 1. The summed E-state index contributed by atoms with van der Waals surface area (Å²) < 4.78 is 16.5. The molecule has 32 heavy (non-hydrogen) atoms. The first-order chi connectivity index (χ1) is 15.5. The number of hydrogen-bond acceptors (Lipinski definition) is 7. The normalized spacial score (nSPS) is 19.6. The fraction of sp³-hybridized carbons (Fsp3) is 0.417. The molecule has 0 bridgehead atoms. The van der Waals surface area contributed by atoms with Gasteiger partial charge in [0.25, 0.3) is 5.91 Å². The third kappa shape index (κ3) is 4.42. The highest BCUT2D eigenvalue weighted by Crippen LogP contribution is 2.40. The van der Waals surface area contributed by atoms with Crippen molar-refractivity contribution in [1.29, 1.82) is 0 Å². The van der Waals surface area contributed by atoms with Gasteiger partial charge in [-0.3, -0.25) is 14.5 Å². The predicted molar refractivity (Wildman–Crippen MR) is 117 cm³/mol. The first-order valence-corrected chi connectivity index (χ1v) is 10.9. The topological polar surface area (TPSA) is 92.5 Å². The molecule has 1 fully saturated rings. The Morgan fingerprint density at radius 3 is 2.66 bits per heavy atom. The quantitative estimate of drug-likeness (QED) is 0.631. The first-order valence-electron chi connectivity index (χ1n) is 10.9. The van der Waals surface area contributed by atoms with Gasteiger partial charge in [-0.25, -0.2) is 0 Å². The van der Waals surface area contributed by atoms with Crippen molar-refractivity contribution in [3.8, 4) is 5.75 Å². The highest BCUT2D eigenvalue weighted by atomic mass is 16.5. The minimum absolute atomic E-state index is 0.0278. The lowest BCUT2D eigenvalue weighted by Gasteiger charge is -2.31. The Hall–Kier alpha value is -3.10. The van der Waals surface area contributed by atoms with E-state index >= 15 is 0 Å². The van der Waals surface area contributed by atoms with Crippen LogP contribution in [0.25, 0.3) is 0 Å². The van der Waals surface area contributed by atoms with Crippen LogP contribution in [0.15, 0.2) is 52.1 Å². The van der Waals surface area contributed by atoms with Crippen LogP contribution in [-0.2, 0) is 9.53 Å². The van der Waals surface area contributed by atoms with Gasteiger partial charge in [-0.05, 0) is 43.7 Å². The van der Waals surface area contributed by atoms with Gasteiger partial charge in [-0.1, -0.05) is 12.1 Å². The number of furan rings is 1. The number of aryl methyl sites for hydroxylation is 1. The summed E-state index contributed by atoms with van der Waals surface area (Å²) in [5.41, 5.74) is 0.724. The Morgan fingerprint density at radius 1 is 1.19 bits per heavy atom. The molecule has 1 aromatic heterocycles. The molecule has 1 saturated heterocycles. The van der Waals surface area contributed by atoms with Crippen LogP contribution in [0, 0.1) is 6.92 Å². The molecule has 1 amide bonds. The minimum Gasteiger partial charge on any atom is -0.503 e. The second-order valence-electron chi connectivity index (χ2n) is 7.86. The number of morpholine rings is 1. The first kappa shape index (κ1) is 22.1. The van der Waals surface area contributed by atoms with E-state index in [-0.39, 0.29) is 11.3 Å². The second-order valence-corrected chi connectivity index (χ2v) is 7.86. The predicted octanol–water partition coefficient (Wildman–Crippen LogP) is 2.90. The molecule has 4 rings (SSSR count). The Labute approximate surface area is 187 Å². The van der Waals surface area contributed by atoms with Gasteiger partial charge in [0.1, 0.15) is 11.5 Å². The Kier molecular flexibility index (Phi) is 6.62. The standard InChI is InChI=1S/C24H28N2O6/c1-3-31-18-6-4-5-17(15-18)21-20(22(27)19-8-7-16(2)32-19)23(28)24(29)26(21)10-9-25-11-13-30-14-12-25/h4-8,15,21,28H,3,9-14H2,1-2H3/t21-/m1/s1. The zero-order valence-electron chi connectivity index (χ0n) is 18.4. The van der Waals surface area contributed by atoms with E-state index in [0.717, 1.165) is 13.1 Å². The van der Waals surface area contributed by atoms with E-state index in [0.29, 0.717) is 50.0 Å². The minimum atomic E-state index is -0.734. The molecule has 2 aliphatic heterocycles. The number of hydrogen-bond donors (Lipinski definition) is 1. The van der Waals surface area contributed by atoms with E-state index < -0.39 is 23.5 Å². The number of ketones is 1. The van der Waals surface area contributed by atoms with E-state index in [4.69, 9.17) is 13.9 Å². The number of carbonyl (C=O) groups excluding carboxylic acids is 2. The van der Waals surface area contributed by atoms with Crippen molar-refractivity contribution in [2.75, 3.05) is 46.0 Å². The summed E-state index contributed by atoms with van der Waals surface area (Å²) in [5, 5.41) is 10.8. The summed E-state index contributed by atoms with van der Waals surface area (Å²) in [4.78, 5) is 30.2. The van der Waals surface area contributed by atoms with Crippen molar-refractivity contribution < 1.29 is 28.6 Å². The molecule has 0 saturated carbocycles. The number of nitrogens with zero attached hydrogens (tertiary/aromatic N) is 2. The largest absolute Gasteiger partial charge is 0.503 e.